The molecule has 0 radical (unpaired) electrons. The van der Waals surface area contributed by atoms with Gasteiger partial charge in [-0.2, -0.15) is 5.26 Å². The molecule has 0 spiro atoms. The summed E-state index contributed by atoms with van der Waals surface area (Å²) in [5, 5.41) is 18.5. The van der Waals surface area contributed by atoms with Gasteiger partial charge in [-0.1, -0.05) is 12.1 Å². The van der Waals surface area contributed by atoms with E-state index in [0.717, 1.165) is 0 Å². The second-order valence-corrected chi connectivity index (χ2v) is 7.03. The lowest BCUT2D eigenvalue weighted by Gasteiger charge is -2.36. The number of likely N-dealkylation sites (tertiary alicyclic amines) is 1. The quantitative estimate of drug-likeness (QED) is 0.626. The van der Waals surface area contributed by atoms with E-state index < -0.39 is 11.9 Å². The topological polar surface area (TPSA) is 87.9 Å². The molecule has 0 atom stereocenters. The van der Waals surface area contributed by atoms with Crippen LogP contribution in [0.4, 0.5) is 10.1 Å². The van der Waals surface area contributed by atoms with Crippen LogP contribution in [-0.2, 0) is 9.59 Å². The van der Waals surface area contributed by atoms with Gasteiger partial charge in [-0.15, -0.1) is 0 Å². The zero-order valence-electron chi connectivity index (χ0n) is 15.6. The fourth-order valence-electron chi connectivity index (χ4n) is 3.61. The van der Waals surface area contributed by atoms with Crippen LogP contribution in [0.5, 0.6) is 0 Å². The van der Waals surface area contributed by atoms with E-state index in [1.807, 2.05) is 15.9 Å². The number of rotatable bonds is 4. The standard InChI is InChI=1S/C20H23FN4O3/c21-17-3-1-2-4-18(17)24-11-9-23(10-12-24)14-16(13-22)19(26)25-7-5-15(6-8-25)20(27)28/h1-4,14-15H,5-12H2,(H,27,28)/b16-14-. The van der Waals surface area contributed by atoms with Crippen LogP contribution in [0.15, 0.2) is 36.0 Å². The molecule has 2 aliphatic heterocycles. The van der Waals surface area contributed by atoms with E-state index in [2.05, 4.69) is 0 Å². The number of carbonyl (C=O) groups is 2. The maximum atomic E-state index is 13.9. The first-order valence-corrected chi connectivity index (χ1v) is 9.37. The highest BCUT2D eigenvalue weighted by molar-refractivity contribution is 5.97. The Balaban J connectivity index is 1.58. The van der Waals surface area contributed by atoms with Gasteiger partial charge >= 0.3 is 5.97 Å². The van der Waals surface area contributed by atoms with E-state index in [-0.39, 0.29) is 17.3 Å². The van der Waals surface area contributed by atoms with Crippen LogP contribution < -0.4 is 4.90 Å². The van der Waals surface area contributed by atoms with Crippen LogP contribution >= 0.6 is 0 Å². The van der Waals surface area contributed by atoms with Crippen molar-refractivity contribution in [3.05, 3.63) is 41.9 Å². The summed E-state index contributed by atoms with van der Waals surface area (Å²) in [5.74, 6) is -1.88. The minimum absolute atomic E-state index is 0.0492. The lowest BCUT2D eigenvalue weighted by molar-refractivity contribution is -0.145. The number of nitriles is 1. The number of nitrogens with zero attached hydrogens (tertiary/aromatic N) is 4. The maximum Gasteiger partial charge on any atom is 0.306 e. The first kappa shape index (κ1) is 19.7. The molecule has 1 aromatic carbocycles. The van der Waals surface area contributed by atoms with Gasteiger partial charge in [0.1, 0.15) is 17.5 Å². The molecule has 3 rings (SSSR count). The summed E-state index contributed by atoms with van der Waals surface area (Å²) in [6, 6.07) is 8.60. The first-order valence-electron chi connectivity index (χ1n) is 9.37. The number of amides is 1. The van der Waals surface area contributed by atoms with Gasteiger partial charge in [0.25, 0.3) is 5.91 Å². The summed E-state index contributed by atoms with van der Waals surface area (Å²) in [5.41, 5.74) is 0.608. The summed E-state index contributed by atoms with van der Waals surface area (Å²) in [4.78, 5) is 29.0. The van der Waals surface area contributed by atoms with Crippen LogP contribution in [-0.4, -0.2) is 66.1 Å². The highest BCUT2D eigenvalue weighted by Gasteiger charge is 2.29. The Hall–Kier alpha value is -3.08. The number of hydrogen-bond acceptors (Lipinski definition) is 5. The molecule has 0 aromatic heterocycles. The van der Waals surface area contributed by atoms with Crippen molar-refractivity contribution >= 4 is 17.6 Å². The third-order valence-electron chi connectivity index (χ3n) is 5.30. The number of para-hydroxylation sites is 1. The van der Waals surface area contributed by atoms with Gasteiger partial charge in [0, 0.05) is 45.5 Å². The smallest absolute Gasteiger partial charge is 0.306 e. The average Bonchev–Trinajstić information content (AvgIpc) is 2.72. The van der Waals surface area contributed by atoms with Crippen LogP contribution in [0.2, 0.25) is 0 Å². The fourth-order valence-corrected chi connectivity index (χ4v) is 3.61. The molecular weight excluding hydrogens is 363 g/mol. The van der Waals surface area contributed by atoms with Crippen molar-refractivity contribution in [3.8, 4) is 6.07 Å². The molecule has 0 bridgehead atoms. The third-order valence-corrected chi connectivity index (χ3v) is 5.30. The number of hydrogen-bond donors (Lipinski definition) is 1. The molecule has 7 nitrogen and oxygen atoms in total. The molecule has 8 heteroatoms. The van der Waals surface area contributed by atoms with E-state index in [4.69, 9.17) is 5.11 Å². The van der Waals surface area contributed by atoms with Crippen molar-refractivity contribution in [2.75, 3.05) is 44.2 Å². The Kier molecular flexibility index (Phi) is 6.14. The summed E-state index contributed by atoms with van der Waals surface area (Å²) in [6.45, 7) is 3.02. The number of carbonyl (C=O) groups excluding carboxylic acids is 1. The van der Waals surface area contributed by atoms with Gasteiger partial charge in [0.15, 0.2) is 0 Å². The SMILES string of the molecule is N#C/C(=C/N1CCN(c2ccccc2F)CC1)C(=O)N1CCC(C(=O)O)CC1. The largest absolute Gasteiger partial charge is 0.481 e. The number of carboxylic acid groups (broad SMARTS) is 1. The Morgan fingerprint density at radius 2 is 1.75 bits per heavy atom. The van der Waals surface area contributed by atoms with E-state index in [9.17, 15) is 19.2 Å². The highest BCUT2D eigenvalue weighted by Crippen LogP contribution is 2.21. The molecule has 2 fully saturated rings. The molecule has 1 amide bonds. The molecule has 1 aromatic rings. The fraction of sp³-hybridized carbons (Fsp3) is 0.450. The molecule has 2 heterocycles. The monoisotopic (exact) mass is 386 g/mol. The second kappa shape index (κ2) is 8.74. The Bertz CT molecular complexity index is 804. The molecular formula is C20H23FN4O3. The van der Waals surface area contributed by atoms with Gasteiger partial charge in [-0.3, -0.25) is 9.59 Å². The van der Waals surface area contributed by atoms with Gasteiger partial charge in [0.05, 0.1) is 11.6 Å². The molecule has 1 N–H and O–H groups in total. The summed E-state index contributed by atoms with van der Waals surface area (Å²) < 4.78 is 13.9. The zero-order chi connectivity index (χ0) is 20.1. The molecule has 0 aliphatic carbocycles. The van der Waals surface area contributed by atoms with E-state index in [1.165, 1.54) is 6.07 Å². The van der Waals surface area contributed by atoms with Crippen molar-refractivity contribution in [2.45, 2.75) is 12.8 Å². The molecule has 2 aliphatic rings. The number of piperidine rings is 1. The number of piperazine rings is 1. The number of aliphatic carboxylic acids is 1. The number of benzene rings is 1. The Morgan fingerprint density at radius 3 is 2.32 bits per heavy atom. The van der Waals surface area contributed by atoms with Crippen LogP contribution in [0, 0.1) is 23.1 Å². The molecule has 148 valence electrons. The molecule has 0 unspecified atom stereocenters. The normalized spacial score (nSPS) is 18.7. The van der Waals surface area contributed by atoms with Crippen LogP contribution in [0.3, 0.4) is 0 Å². The Labute approximate surface area is 163 Å². The summed E-state index contributed by atoms with van der Waals surface area (Å²) in [6.07, 6.45) is 2.38. The number of carboxylic acids is 1. The van der Waals surface area contributed by atoms with Crippen molar-refractivity contribution in [3.63, 3.8) is 0 Å². The van der Waals surface area contributed by atoms with Gasteiger partial charge in [-0.05, 0) is 25.0 Å². The predicted octanol–water partition coefficient (Wildman–Crippen LogP) is 1.68. The van der Waals surface area contributed by atoms with Crippen molar-refractivity contribution < 1.29 is 19.1 Å². The number of anilines is 1. The zero-order valence-corrected chi connectivity index (χ0v) is 15.6. The lowest BCUT2D eigenvalue weighted by Crippen LogP contribution is -2.45. The summed E-state index contributed by atoms with van der Waals surface area (Å²) in [7, 11) is 0. The summed E-state index contributed by atoms with van der Waals surface area (Å²) >= 11 is 0. The maximum absolute atomic E-state index is 13.9. The molecule has 2 saturated heterocycles. The van der Waals surface area contributed by atoms with Crippen LogP contribution in [0.25, 0.3) is 0 Å². The molecule has 28 heavy (non-hydrogen) atoms. The predicted molar refractivity (Wildman–Crippen MR) is 101 cm³/mol. The van der Waals surface area contributed by atoms with E-state index in [0.29, 0.717) is 57.8 Å². The molecule has 0 saturated carbocycles. The van der Waals surface area contributed by atoms with Gasteiger partial charge in [-0.25, -0.2) is 4.39 Å². The van der Waals surface area contributed by atoms with Crippen molar-refractivity contribution in [1.29, 1.82) is 5.26 Å². The van der Waals surface area contributed by atoms with E-state index >= 15 is 0 Å². The Morgan fingerprint density at radius 1 is 1.11 bits per heavy atom. The lowest BCUT2D eigenvalue weighted by atomic mass is 9.97. The van der Waals surface area contributed by atoms with Crippen LogP contribution in [0.1, 0.15) is 12.8 Å². The first-order chi connectivity index (χ1) is 13.5. The highest BCUT2D eigenvalue weighted by atomic mass is 19.1. The second-order valence-electron chi connectivity index (χ2n) is 7.03. The van der Waals surface area contributed by atoms with E-state index in [1.54, 1.807) is 29.3 Å². The number of halogens is 1. The van der Waals surface area contributed by atoms with Crippen molar-refractivity contribution in [2.24, 2.45) is 5.92 Å². The van der Waals surface area contributed by atoms with Gasteiger partial charge in [0.2, 0.25) is 0 Å². The van der Waals surface area contributed by atoms with Crippen molar-refractivity contribution in [1.82, 2.24) is 9.80 Å². The third kappa shape index (κ3) is 4.42. The minimum Gasteiger partial charge on any atom is -0.481 e. The average molecular weight is 386 g/mol. The minimum atomic E-state index is -0.837. The van der Waals surface area contributed by atoms with Gasteiger partial charge < -0.3 is 19.8 Å².